The summed E-state index contributed by atoms with van der Waals surface area (Å²) >= 11 is 0. The molecule has 0 aliphatic carbocycles. The third-order valence-electron chi connectivity index (χ3n) is 18.7. The van der Waals surface area contributed by atoms with Gasteiger partial charge < -0.3 is 52.3 Å². The number of amides is 1. The van der Waals surface area contributed by atoms with Crippen LogP contribution in [0.25, 0.3) is 57.0 Å². The summed E-state index contributed by atoms with van der Waals surface area (Å²) in [6, 6.07) is 83.1. The Morgan fingerprint density at radius 2 is 0.875 bits per heavy atom. The van der Waals surface area contributed by atoms with E-state index in [1.54, 1.807) is 50.1 Å². The van der Waals surface area contributed by atoms with Crippen molar-refractivity contribution in [3.8, 4) is 11.5 Å². The zero-order valence-electron chi connectivity index (χ0n) is 61.9. The molecule has 0 saturated heterocycles. The number of hydrogen-bond donors (Lipinski definition) is 6. The summed E-state index contributed by atoms with van der Waals surface area (Å²) in [5.41, 5.74) is 20.2. The van der Waals surface area contributed by atoms with E-state index in [-0.39, 0.29) is 0 Å². The molecule has 112 heavy (non-hydrogen) atoms. The van der Waals surface area contributed by atoms with Gasteiger partial charge >= 0.3 is 23.9 Å². The molecule has 2 aliphatic heterocycles. The second-order valence-electron chi connectivity index (χ2n) is 25.9. The van der Waals surface area contributed by atoms with Crippen molar-refractivity contribution in [1.82, 2.24) is 19.2 Å². The van der Waals surface area contributed by atoms with E-state index >= 15 is 0 Å². The molecule has 0 spiro atoms. The van der Waals surface area contributed by atoms with Crippen LogP contribution in [0.2, 0.25) is 0 Å². The van der Waals surface area contributed by atoms with E-state index in [4.69, 9.17) is 38.3 Å². The van der Waals surface area contributed by atoms with Crippen LogP contribution in [0.15, 0.2) is 292 Å². The van der Waals surface area contributed by atoms with Crippen molar-refractivity contribution in [3.63, 3.8) is 0 Å². The number of nitrogens with one attached hydrogen (secondary N) is 1. The fraction of sp³-hybridized carbons (Fsp3) is 0.122. The average Bonchev–Trinajstić information content (AvgIpc) is 1.63. The molecule has 0 radical (unpaired) electrons. The largest absolute Gasteiger partial charge is 0.493 e. The molecule has 13 aromatic rings. The fourth-order valence-electron chi connectivity index (χ4n) is 13.2. The number of rotatable bonds is 21. The van der Waals surface area contributed by atoms with E-state index in [1.165, 1.54) is 69.1 Å². The predicted molar refractivity (Wildman–Crippen MR) is 437 cm³/mol. The Hall–Kier alpha value is -13.9. The summed E-state index contributed by atoms with van der Waals surface area (Å²) in [5.74, 6) is 18.1. The highest BCUT2D eigenvalue weighted by Gasteiger charge is 2.23. The van der Waals surface area contributed by atoms with Crippen LogP contribution in [0.3, 0.4) is 0 Å². The maximum absolute atomic E-state index is 11.4. The molecule has 0 bridgehead atoms. The smallest absolute Gasteiger partial charge is 0.356 e. The Morgan fingerprint density at radius 1 is 0.402 bits per heavy atom. The van der Waals surface area contributed by atoms with Crippen molar-refractivity contribution in [3.05, 3.63) is 358 Å². The molecule has 2 aliphatic rings. The van der Waals surface area contributed by atoms with Crippen LogP contribution < -0.4 is 48.3 Å². The molecule has 10 aromatic carbocycles. The molecule has 15 rings (SSSR count). The molecule has 10 N–H and O–H groups in total. The Morgan fingerprint density at radius 3 is 1.46 bits per heavy atom. The average molecular weight is 1500 g/mol. The number of carbonyl (C=O) groups is 5. The van der Waals surface area contributed by atoms with Crippen LogP contribution in [-0.2, 0) is 84.1 Å². The summed E-state index contributed by atoms with van der Waals surface area (Å²) in [6.07, 6.45) is 20.1. The van der Waals surface area contributed by atoms with Crippen molar-refractivity contribution in [2.24, 2.45) is 23.6 Å². The first-order chi connectivity index (χ1) is 54.7. The monoisotopic (exact) mass is 1500 g/mol. The fourth-order valence-corrected chi connectivity index (χ4v) is 13.2. The Kier molecular flexibility index (Phi) is 28.2. The summed E-state index contributed by atoms with van der Waals surface area (Å²) in [5, 5.41) is 11.9. The second kappa shape index (κ2) is 39.8. The number of anilines is 2. The molecule has 22 nitrogen and oxygen atoms in total. The van der Waals surface area contributed by atoms with Gasteiger partial charge in [0.05, 0.1) is 19.8 Å². The zero-order chi connectivity index (χ0) is 78.6. The Balaban J connectivity index is 0.000000139. The van der Waals surface area contributed by atoms with Crippen LogP contribution in [-0.4, -0.2) is 76.0 Å². The number of carbonyl (C=O) groups excluding carboxylic acids is 5. The standard InChI is InChI=1S/C20H22N2O4.3C18H16N2O2.C16H16N2O2/c1-24-18-7-4-15(12-19(18)25-2)13-22-10-9-16-11-14(3-6-17(16)22)5-8-20(23)26-21;21-18(19-22)11-10-15-13-20(12-14-6-2-1-3-7-14)17-9-5-4-8-16(15)17;19-22-18(21)10-9-15-7-4-8-17-16(15)11-12-20(17)13-14-5-2-1-3-6-14;19-22-18(21)9-7-14-6-8-16-10-11-20(17(16)12-14)13-15-4-2-1-3-5-15;17-20-16(19)14-6-7-15-13(10-14)8-9-18(15)11-12-4-2-1-3-5-12/h3-8,11-12H,9-10,13,21H2,1-2H3;1-11,13,22H,12H2,(H,19,21);2*1-12H,13,19H2;1-7,10H,8-9,11,17H2/b8-5+;11-10+;10-9+;9-7+;. The minimum atomic E-state index is -0.570. The van der Waals surface area contributed by atoms with Gasteiger partial charge in [-0.05, 0) is 171 Å². The lowest BCUT2D eigenvalue weighted by Crippen LogP contribution is -2.19. The maximum Gasteiger partial charge on any atom is 0.356 e. The van der Waals surface area contributed by atoms with Gasteiger partial charge in [0.1, 0.15) is 0 Å². The van der Waals surface area contributed by atoms with Crippen LogP contribution in [0, 0.1) is 0 Å². The quantitative estimate of drug-likeness (QED) is 0.0221. The third-order valence-corrected chi connectivity index (χ3v) is 18.7. The van der Waals surface area contributed by atoms with Crippen molar-refractivity contribution in [1.29, 1.82) is 0 Å². The number of benzene rings is 10. The number of ether oxygens (including phenoxy) is 2. The highest BCUT2D eigenvalue weighted by molar-refractivity contribution is 5.97. The summed E-state index contributed by atoms with van der Waals surface area (Å²) in [4.78, 5) is 77.2. The van der Waals surface area contributed by atoms with Gasteiger partial charge in [-0.2, -0.15) is 23.6 Å². The minimum Gasteiger partial charge on any atom is -0.493 e. The summed E-state index contributed by atoms with van der Waals surface area (Å²) in [6.45, 7) is 5.97. The number of aromatic nitrogens is 3. The van der Waals surface area contributed by atoms with Gasteiger partial charge in [-0.1, -0.05) is 176 Å². The Bertz CT molecular complexity index is 5440. The normalized spacial score (nSPS) is 11.9. The molecule has 22 heteroatoms. The highest BCUT2D eigenvalue weighted by atomic mass is 16.7. The van der Waals surface area contributed by atoms with Crippen molar-refractivity contribution >= 4 is 98.2 Å². The van der Waals surface area contributed by atoms with E-state index in [0.717, 1.165) is 131 Å². The van der Waals surface area contributed by atoms with Gasteiger partial charge in [0, 0.05) is 133 Å². The minimum absolute atomic E-state index is 0.491. The molecule has 0 fully saturated rings. The lowest BCUT2D eigenvalue weighted by Gasteiger charge is -2.20. The SMILES string of the molecule is COc1ccc(CN2CCc3cc(/C=C/C(=O)ON)ccc32)cc1OC.NOC(=O)/C=C/c1ccc2ccn(Cc3ccccc3)c2c1.NOC(=O)/C=C/c1cccc2c1ccn2Cc1ccccc1.NOC(=O)c1ccc2c(c1)CCN2Cc1ccccc1.O=C(/C=C/c1cn(Cc2ccccc2)c2ccccc12)NO. The van der Waals surface area contributed by atoms with Crippen LogP contribution >= 0.6 is 0 Å². The second-order valence-corrected chi connectivity index (χ2v) is 25.9. The summed E-state index contributed by atoms with van der Waals surface area (Å²) in [7, 11) is 3.27. The third kappa shape index (κ3) is 21.5. The van der Waals surface area contributed by atoms with Gasteiger partial charge in [-0.15, -0.1) is 0 Å². The molecule has 5 heterocycles. The first-order valence-corrected chi connectivity index (χ1v) is 35.9. The molecule has 0 atom stereocenters. The predicted octanol–water partition coefficient (Wildman–Crippen LogP) is 14.4. The molecular formula is C90H86N10O12. The van der Waals surface area contributed by atoms with E-state index in [2.05, 4.69) is 140 Å². The number of hydrogen-bond acceptors (Lipinski definition) is 18. The maximum atomic E-state index is 11.4. The van der Waals surface area contributed by atoms with Crippen molar-refractivity contribution < 1.29 is 58.0 Å². The van der Waals surface area contributed by atoms with Crippen molar-refractivity contribution in [2.75, 3.05) is 37.1 Å². The zero-order valence-corrected chi connectivity index (χ0v) is 61.9. The number of methoxy groups -OCH3 is 2. The lowest BCUT2D eigenvalue weighted by molar-refractivity contribution is -0.139. The van der Waals surface area contributed by atoms with Gasteiger partial charge in [0.2, 0.25) is 0 Å². The molecule has 568 valence electrons. The number of fused-ring (bicyclic) bond motifs is 5. The van der Waals surface area contributed by atoms with Crippen LogP contribution in [0.5, 0.6) is 11.5 Å². The van der Waals surface area contributed by atoms with E-state index < -0.39 is 29.8 Å². The lowest BCUT2D eigenvalue weighted by atomic mass is 10.1. The molecule has 1 amide bonds. The van der Waals surface area contributed by atoms with E-state index in [1.807, 2.05) is 164 Å². The van der Waals surface area contributed by atoms with Crippen LogP contribution in [0.4, 0.5) is 11.4 Å². The Labute approximate surface area is 648 Å². The van der Waals surface area contributed by atoms with E-state index in [9.17, 15) is 24.0 Å². The highest BCUT2D eigenvalue weighted by Crippen LogP contribution is 2.35. The number of nitrogens with zero attached hydrogens (tertiary/aromatic N) is 5. The molecular weight excluding hydrogens is 1410 g/mol. The van der Waals surface area contributed by atoms with Crippen molar-refractivity contribution in [2.45, 2.75) is 45.6 Å². The molecule has 0 unspecified atom stereocenters. The van der Waals surface area contributed by atoms with Gasteiger partial charge in [-0.3, -0.25) is 10.0 Å². The topological polar surface area (TPSA) is 298 Å². The van der Waals surface area contributed by atoms with Gasteiger partial charge in [-0.25, -0.2) is 24.7 Å². The van der Waals surface area contributed by atoms with Gasteiger partial charge in [0.25, 0.3) is 5.91 Å². The number of para-hydroxylation sites is 1. The summed E-state index contributed by atoms with van der Waals surface area (Å²) < 4.78 is 17.2. The molecule has 3 aromatic heterocycles. The van der Waals surface area contributed by atoms with E-state index in [0.29, 0.717) is 5.56 Å². The number of hydroxylamine groups is 1. The van der Waals surface area contributed by atoms with Crippen LogP contribution in [0.1, 0.15) is 71.6 Å². The number of nitrogens with two attached hydrogens (primary N) is 4. The molecule has 0 saturated carbocycles. The van der Waals surface area contributed by atoms with Gasteiger partial charge in [0.15, 0.2) is 11.5 Å². The first kappa shape index (κ1) is 79.2. The first-order valence-electron chi connectivity index (χ1n) is 35.9.